The van der Waals surface area contributed by atoms with Gasteiger partial charge in [0.15, 0.2) is 9.84 Å². The molecule has 2 aromatic carbocycles. The number of rotatable bonds is 6. The van der Waals surface area contributed by atoms with Crippen LogP contribution < -0.4 is 10.2 Å². The minimum absolute atomic E-state index is 0.00244. The molecule has 2 atom stereocenters. The van der Waals surface area contributed by atoms with Crippen LogP contribution in [0.3, 0.4) is 0 Å². The highest BCUT2D eigenvalue weighted by molar-refractivity contribution is 7.91. The molecule has 3 aromatic rings. The van der Waals surface area contributed by atoms with Crippen molar-refractivity contribution in [1.82, 2.24) is 10.3 Å². The summed E-state index contributed by atoms with van der Waals surface area (Å²) in [7, 11) is -2.99. The predicted octanol–water partition coefficient (Wildman–Crippen LogP) is 5.48. The van der Waals surface area contributed by atoms with Crippen molar-refractivity contribution in [2.24, 2.45) is 5.92 Å². The highest BCUT2D eigenvalue weighted by Gasteiger charge is 2.47. The highest BCUT2D eigenvalue weighted by atomic mass is 35.5. The minimum Gasteiger partial charge on any atom is -0.440 e. The van der Waals surface area contributed by atoms with Gasteiger partial charge in [-0.3, -0.25) is 4.79 Å². The van der Waals surface area contributed by atoms with Crippen LogP contribution in [0.4, 0.5) is 10.1 Å². The second kappa shape index (κ2) is 10.8. The zero-order chi connectivity index (χ0) is 28.8. The van der Waals surface area contributed by atoms with Gasteiger partial charge in [0.05, 0.1) is 22.6 Å². The molecule has 3 fully saturated rings. The van der Waals surface area contributed by atoms with Crippen molar-refractivity contribution in [1.29, 1.82) is 5.26 Å². The molecule has 3 aliphatic rings. The first-order valence-electron chi connectivity index (χ1n) is 13.9. The number of hydrogen-bond donors (Lipinski definition) is 1. The Balaban J connectivity index is 1.36. The predicted molar refractivity (Wildman–Crippen MR) is 154 cm³/mol. The topological polar surface area (TPSA) is 116 Å². The Bertz CT molecular complexity index is 1610. The van der Waals surface area contributed by atoms with Crippen LogP contribution in [0.2, 0.25) is 5.02 Å². The van der Waals surface area contributed by atoms with Crippen molar-refractivity contribution >= 4 is 33.0 Å². The van der Waals surface area contributed by atoms with Crippen LogP contribution in [0, 0.1) is 23.1 Å². The van der Waals surface area contributed by atoms with Gasteiger partial charge >= 0.3 is 0 Å². The normalized spacial score (nSPS) is 23.0. The van der Waals surface area contributed by atoms with E-state index in [1.54, 1.807) is 6.07 Å². The molecule has 0 spiro atoms. The zero-order valence-electron chi connectivity index (χ0n) is 22.4. The standard InChI is InChI=1S/C30H30ClFN4O4S/c31-24-10-7-20(17-25(24)32)29-34-26(19-5-8-21(9-6-19)36-13-15-41(38,39)16-14-36)27(40-29)22-3-1-2-4-23(22)28(37)35-30(18-33)11-12-30/h5-10,17,22-23H,1-4,11-16H2,(H,35,37). The van der Waals surface area contributed by atoms with Gasteiger partial charge in [-0.15, -0.1) is 0 Å². The number of sulfone groups is 1. The first-order chi connectivity index (χ1) is 19.7. The van der Waals surface area contributed by atoms with Gasteiger partial charge < -0.3 is 14.6 Å². The van der Waals surface area contributed by atoms with Gasteiger partial charge in [0, 0.05) is 41.7 Å². The molecule has 0 bridgehead atoms. The molecule has 8 nitrogen and oxygen atoms in total. The number of oxazole rings is 1. The Kier molecular flexibility index (Phi) is 7.28. The third-order valence-electron chi connectivity index (χ3n) is 8.44. The van der Waals surface area contributed by atoms with Gasteiger partial charge in [0.25, 0.3) is 0 Å². The van der Waals surface area contributed by atoms with Gasteiger partial charge in [-0.05, 0) is 56.0 Å². The maximum atomic E-state index is 14.4. The lowest BCUT2D eigenvalue weighted by atomic mass is 9.76. The van der Waals surface area contributed by atoms with Gasteiger partial charge in [0.2, 0.25) is 11.8 Å². The van der Waals surface area contributed by atoms with E-state index in [2.05, 4.69) is 11.4 Å². The van der Waals surface area contributed by atoms with E-state index in [0.29, 0.717) is 55.8 Å². The van der Waals surface area contributed by atoms with Crippen molar-refractivity contribution in [2.45, 2.75) is 50.0 Å². The Hall–Kier alpha value is -3.42. The monoisotopic (exact) mass is 596 g/mol. The van der Waals surface area contributed by atoms with E-state index >= 15 is 0 Å². The average molecular weight is 597 g/mol. The smallest absolute Gasteiger partial charge is 0.226 e. The number of nitriles is 1. The fraction of sp³-hybridized carbons (Fsp3) is 0.433. The highest BCUT2D eigenvalue weighted by Crippen LogP contribution is 2.45. The molecule has 1 aliphatic heterocycles. The molecule has 2 aliphatic carbocycles. The second-order valence-corrected chi connectivity index (χ2v) is 13.9. The minimum atomic E-state index is -2.99. The maximum Gasteiger partial charge on any atom is 0.226 e. The number of benzene rings is 2. The number of carbonyl (C=O) groups is 1. The molecule has 6 rings (SSSR count). The molecule has 1 N–H and O–H groups in total. The molecule has 2 saturated carbocycles. The van der Waals surface area contributed by atoms with Crippen molar-refractivity contribution in [3.8, 4) is 28.8 Å². The van der Waals surface area contributed by atoms with Gasteiger partial charge in [-0.25, -0.2) is 17.8 Å². The number of aromatic nitrogens is 1. The molecule has 2 unspecified atom stereocenters. The molecule has 41 heavy (non-hydrogen) atoms. The quantitative estimate of drug-likeness (QED) is 0.400. The molecule has 0 radical (unpaired) electrons. The van der Waals surface area contributed by atoms with Crippen LogP contribution in [-0.2, 0) is 14.6 Å². The van der Waals surface area contributed by atoms with E-state index in [1.807, 2.05) is 29.2 Å². The summed E-state index contributed by atoms with van der Waals surface area (Å²) < 4.78 is 44.5. The number of nitrogens with one attached hydrogen (secondary N) is 1. The number of nitrogens with zero attached hydrogens (tertiary/aromatic N) is 3. The number of carbonyl (C=O) groups excluding carboxylic acids is 1. The Morgan fingerprint density at radius 1 is 1.10 bits per heavy atom. The Morgan fingerprint density at radius 2 is 1.78 bits per heavy atom. The van der Waals surface area contributed by atoms with Crippen molar-refractivity contribution in [3.63, 3.8) is 0 Å². The van der Waals surface area contributed by atoms with Crippen LogP contribution in [0.1, 0.15) is 50.2 Å². The fourth-order valence-corrected chi connectivity index (χ4v) is 7.14. The molecular formula is C30H30ClFN4O4S. The fourth-order valence-electron chi connectivity index (χ4n) is 5.82. The lowest BCUT2D eigenvalue weighted by Crippen LogP contribution is -2.42. The summed E-state index contributed by atoms with van der Waals surface area (Å²) in [5.41, 5.74) is 1.94. The summed E-state index contributed by atoms with van der Waals surface area (Å²) in [6.07, 6.45) is 4.50. The van der Waals surface area contributed by atoms with Crippen molar-refractivity contribution < 1.29 is 22.0 Å². The number of anilines is 1. The van der Waals surface area contributed by atoms with Crippen LogP contribution in [0.5, 0.6) is 0 Å². The SMILES string of the molecule is N#CC1(NC(=O)C2CCCCC2c2oc(-c3ccc(Cl)c(F)c3)nc2-c2ccc(N3CCS(=O)(=O)CC3)cc2)CC1. The lowest BCUT2D eigenvalue weighted by molar-refractivity contribution is -0.127. The number of amides is 1. The second-order valence-electron chi connectivity index (χ2n) is 11.2. The molecule has 2 heterocycles. The van der Waals surface area contributed by atoms with Crippen LogP contribution >= 0.6 is 11.6 Å². The third kappa shape index (κ3) is 5.70. The van der Waals surface area contributed by atoms with Gasteiger partial charge in [-0.2, -0.15) is 5.26 Å². The average Bonchev–Trinajstić information content (AvgIpc) is 3.61. The molecular weight excluding hydrogens is 567 g/mol. The summed E-state index contributed by atoms with van der Waals surface area (Å²) in [6, 6.07) is 14.3. The summed E-state index contributed by atoms with van der Waals surface area (Å²) >= 11 is 5.91. The van der Waals surface area contributed by atoms with Crippen molar-refractivity contribution in [3.05, 3.63) is 59.1 Å². The van der Waals surface area contributed by atoms with E-state index in [9.17, 15) is 22.9 Å². The van der Waals surface area contributed by atoms with E-state index < -0.39 is 21.2 Å². The number of hydrogen-bond acceptors (Lipinski definition) is 7. The van der Waals surface area contributed by atoms with E-state index in [0.717, 1.165) is 24.1 Å². The molecule has 214 valence electrons. The van der Waals surface area contributed by atoms with E-state index in [4.69, 9.17) is 21.0 Å². The maximum absolute atomic E-state index is 14.4. The summed E-state index contributed by atoms with van der Waals surface area (Å²) in [4.78, 5) is 20.3. The third-order valence-corrected chi connectivity index (χ3v) is 10.4. The Morgan fingerprint density at radius 3 is 2.44 bits per heavy atom. The summed E-state index contributed by atoms with van der Waals surface area (Å²) in [5.74, 6) is -0.331. The molecule has 1 saturated heterocycles. The molecule has 11 heteroatoms. The van der Waals surface area contributed by atoms with E-state index in [-0.39, 0.29) is 40.2 Å². The molecule has 1 aromatic heterocycles. The van der Waals surface area contributed by atoms with Crippen LogP contribution in [-0.4, -0.2) is 49.4 Å². The molecule has 1 amide bonds. The largest absolute Gasteiger partial charge is 0.440 e. The summed E-state index contributed by atoms with van der Waals surface area (Å²) in [5, 5.41) is 12.5. The zero-order valence-corrected chi connectivity index (χ0v) is 24.0. The first kappa shape index (κ1) is 27.7. The lowest BCUT2D eigenvalue weighted by Gasteiger charge is -2.30. The summed E-state index contributed by atoms with van der Waals surface area (Å²) in [6.45, 7) is 0.873. The van der Waals surface area contributed by atoms with Gasteiger partial charge in [-0.1, -0.05) is 36.6 Å². The van der Waals surface area contributed by atoms with Crippen molar-refractivity contribution in [2.75, 3.05) is 29.5 Å². The van der Waals surface area contributed by atoms with E-state index in [1.165, 1.54) is 12.1 Å². The van der Waals surface area contributed by atoms with Crippen LogP contribution in [0.15, 0.2) is 46.9 Å². The van der Waals surface area contributed by atoms with Gasteiger partial charge in [0.1, 0.15) is 22.8 Å². The number of halogens is 2. The van der Waals surface area contributed by atoms with Crippen LogP contribution in [0.25, 0.3) is 22.7 Å². The first-order valence-corrected chi connectivity index (χ1v) is 16.1. The Labute approximate surface area is 243 Å².